The number of nitrogens with one attached hydrogen (secondary N) is 1. The number of hydrogen-bond acceptors (Lipinski definition) is 5. The van der Waals surface area contributed by atoms with Crippen LogP contribution in [0.4, 0.5) is 5.69 Å². The first-order chi connectivity index (χ1) is 9.32. The molecule has 0 amide bonds. The lowest BCUT2D eigenvalue weighted by atomic mass is 9.83. The second-order valence-electron chi connectivity index (χ2n) is 5.47. The lowest BCUT2D eigenvalue weighted by molar-refractivity contribution is 0.0265. The predicted octanol–water partition coefficient (Wildman–Crippen LogP) is 1.07. The zero-order chi connectivity index (χ0) is 14.8. The molecule has 0 bridgehead atoms. The van der Waals surface area contributed by atoms with Crippen molar-refractivity contribution in [3.63, 3.8) is 0 Å². The van der Waals surface area contributed by atoms with Gasteiger partial charge in [0.05, 0.1) is 10.6 Å². The molecule has 0 atom stereocenters. The van der Waals surface area contributed by atoms with Crippen LogP contribution in [0, 0.1) is 5.41 Å². The molecular formula is C13H20N2O4S. The molecule has 0 unspecified atom stereocenters. The van der Waals surface area contributed by atoms with Gasteiger partial charge in [-0.25, -0.2) is 13.1 Å². The van der Waals surface area contributed by atoms with Crippen molar-refractivity contribution in [3.05, 3.63) is 18.2 Å². The summed E-state index contributed by atoms with van der Waals surface area (Å²) in [5.74, 6) is -0.125. The molecule has 1 aliphatic rings. The molecule has 6 nitrogen and oxygen atoms in total. The van der Waals surface area contributed by atoms with Gasteiger partial charge < -0.3 is 15.6 Å². The molecule has 1 saturated heterocycles. The number of hydrogen-bond donors (Lipinski definition) is 3. The smallest absolute Gasteiger partial charge is 0.240 e. The van der Waals surface area contributed by atoms with Crippen LogP contribution in [0.1, 0.15) is 19.8 Å². The van der Waals surface area contributed by atoms with Crippen LogP contribution in [0.25, 0.3) is 0 Å². The van der Waals surface area contributed by atoms with Crippen LogP contribution in [0.2, 0.25) is 0 Å². The Balaban J connectivity index is 2.09. The van der Waals surface area contributed by atoms with E-state index in [1.165, 1.54) is 18.2 Å². The lowest BCUT2D eigenvalue weighted by Gasteiger charge is -2.33. The minimum absolute atomic E-state index is 0.0464. The van der Waals surface area contributed by atoms with Crippen molar-refractivity contribution in [2.75, 3.05) is 25.5 Å². The average Bonchev–Trinajstić information content (AvgIpc) is 2.41. The van der Waals surface area contributed by atoms with Crippen molar-refractivity contribution in [1.29, 1.82) is 0 Å². The van der Waals surface area contributed by atoms with Gasteiger partial charge in [0.1, 0.15) is 5.75 Å². The van der Waals surface area contributed by atoms with E-state index < -0.39 is 10.0 Å². The molecule has 1 heterocycles. The van der Waals surface area contributed by atoms with Gasteiger partial charge >= 0.3 is 0 Å². The molecule has 4 N–H and O–H groups in total. The third-order valence-electron chi connectivity index (χ3n) is 3.70. The molecule has 0 saturated carbocycles. The molecule has 0 radical (unpaired) electrons. The third kappa shape index (κ3) is 3.41. The number of nitrogens with two attached hydrogens (primary N) is 1. The third-order valence-corrected chi connectivity index (χ3v) is 5.10. The van der Waals surface area contributed by atoms with Gasteiger partial charge in [0, 0.05) is 19.8 Å². The summed E-state index contributed by atoms with van der Waals surface area (Å²) < 4.78 is 32.3. The van der Waals surface area contributed by atoms with Crippen LogP contribution in [0.5, 0.6) is 5.75 Å². The number of benzene rings is 1. The zero-order valence-corrected chi connectivity index (χ0v) is 12.2. The van der Waals surface area contributed by atoms with Crippen LogP contribution in [0.3, 0.4) is 0 Å². The Labute approximate surface area is 119 Å². The van der Waals surface area contributed by atoms with Gasteiger partial charge in [-0.15, -0.1) is 0 Å². The number of nitrogen functional groups attached to an aromatic ring is 1. The van der Waals surface area contributed by atoms with Crippen molar-refractivity contribution >= 4 is 15.7 Å². The highest BCUT2D eigenvalue weighted by atomic mass is 32.2. The Bertz CT molecular complexity index is 580. The summed E-state index contributed by atoms with van der Waals surface area (Å²) in [6.45, 7) is 3.72. The molecule has 1 aromatic carbocycles. The van der Waals surface area contributed by atoms with Gasteiger partial charge in [-0.2, -0.15) is 0 Å². The first-order valence-corrected chi connectivity index (χ1v) is 7.97. The molecule has 0 aromatic heterocycles. The van der Waals surface area contributed by atoms with Crippen LogP contribution in [0.15, 0.2) is 23.1 Å². The normalized spacial score (nSPS) is 18.9. The fourth-order valence-electron chi connectivity index (χ4n) is 2.09. The molecular weight excluding hydrogens is 280 g/mol. The van der Waals surface area contributed by atoms with Gasteiger partial charge in [-0.1, -0.05) is 6.92 Å². The van der Waals surface area contributed by atoms with E-state index in [0.717, 1.165) is 12.8 Å². The Morgan fingerprint density at radius 3 is 2.65 bits per heavy atom. The summed E-state index contributed by atoms with van der Waals surface area (Å²) >= 11 is 0. The van der Waals surface area contributed by atoms with Gasteiger partial charge in [0.15, 0.2) is 0 Å². The van der Waals surface area contributed by atoms with E-state index >= 15 is 0 Å². The first-order valence-electron chi connectivity index (χ1n) is 6.48. The lowest BCUT2D eigenvalue weighted by Crippen LogP contribution is -2.39. The quantitative estimate of drug-likeness (QED) is 0.570. The van der Waals surface area contributed by atoms with Gasteiger partial charge in [0.25, 0.3) is 0 Å². The zero-order valence-electron chi connectivity index (χ0n) is 11.4. The molecule has 2 rings (SSSR count). The number of rotatable bonds is 4. The van der Waals surface area contributed by atoms with Crippen molar-refractivity contribution in [3.8, 4) is 5.75 Å². The largest absolute Gasteiger partial charge is 0.506 e. The molecule has 0 aliphatic carbocycles. The fraction of sp³-hybridized carbons (Fsp3) is 0.538. The summed E-state index contributed by atoms with van der Waals surface area (Å²) in [5, 5.41) is 9.33. The van der Waals surface area contributed by atoms with Crippen LogP contribution < -0.4 is 10.5 Å². The van der Waals surface area contributed by atoms with Crippen molar-refractivity contribution in [2.45, 2.75) is 24.7 Å². The van der Waals surface area contributed by atoms with E-state index in [1.54, 1.807) is 0 Å². The van der Waals surface area contributed by atoms with Crippen molar-refractivity contribution in [1.82, 2.24) is 4.72 Å². The van der Waals surface area contributed by atoms with E-state index in [0.29, 0.717) is 19.8 Å². The molecule has 7 heteroatoms. The highest BCUT2D eigenvalue weighted by molar-refractivity contribution is 7.89. The number of ether oxygens (including phenoxy) is 1. The van der Waals surface area contributed by atoms with Crippen LogP contribution in [-0.2, 0) is 14.8 Å². The van der Waals surface area contributed by atoms with E-state index in [4.69, 9.17) is 10.5 Å². The number of phenols is 1. The highest BCUT2D eigenvalue weighted by Gasteiger charge is 2.29. The van der Waals surface area contributed by atoms with E-state index in [1.807, 2.05) is 6.92 Å². The highest BCUT2D eigenvalue weighted by Crippen LogP contribution is 2.29. The Morgan fingerprint density at radius 2 is 2.05 bits per heavy atom. The Kier molecular flexibility index (Phi) is 4.22. The van der Waals surface area contributed by atoms with Crippen LogP contribution >= 0.6 is 0 Å². The first kappa shape index (κ1) is 15.1. The Hall–Kier alpha value is -1.31. The fourth-order valence-corrected chi connectivity index (χ4v) is 3.33. The van der Waals surface area contributed by atoms with Crippen molar-refractivity contribution in [2.24, 2.45) is 5.41 Å². The minimum atomic E-state index is -3.62. The number of anilines is 1. The minimum Gasteiger partial charge on any atom is -0.506 e. The molecule has 0 spiro atoms. The number of phenolic OH excluding ortho intramolecular Hbond substituents is 1. The maximum atomic E-state index is 12.2. The van der Waals surface area contributed by atoms with Gasteiger partial charge in [-0.05, 0) is 36.5 Å². The molecule has 112 valence electrons. The summed E-state index contributed by atoms with van der Waals surface area (Å²) in [5.41, 5.74) is 5.48. The number of aromatic hydroxyl groups is 1. The van der Waals surface area contributed by atoms with Crippen molar-refractivity contribution < 1.29 is 18.3 Å². The second-order valence-corrected chi connectivity index (χ2v) is 7.24. The molecule has 20 heavy (non-hydrogen) atoms. The summed E-state index contributed by atoms with van der Waals surface area (Å²) in [7, 11) is -3.62. The average molecular weight is 300 g/mol. The summed E-state index contributed by atoms with van der Waals surface area (Å²) in [4.78, 5) is 0.0588. The van der Waals surface area contributed by atoms with Gasteiger partial charge in [0.2, 0.25) is 10.0 Å². The SMILES string of the molecule is CC1(CNS(=O)(=O)c2ccc(O)c(N)c2)CCOCC1. The van der Waals surface area contributed by atoms with Crippen LogP contribution in [-0.4, -0.2) is 33.3 Å². The maximum absolute atomic E-state index is 12.2. The topological polar surface area (TPSA) is 102 Å². The second kappa shape index (κ2) is 5.59. The van der Waals surface area contributed by atoms with E-state index in [9.17, 15) is 13.5 Å². The van der Waals surface area contributed by atoms with Gasteiger partial charge in [-0.3, -0.25) is 0 Å². The van der Waals surface area contributed by atoms with E-state index in [-0.39, 0.29) is 21.7 Å². The molecule has 1 fully saturated rings. The predicted molar refractivity (Wildman–Crippen MR) is 75.9 cm³/mol. The summed E-state index contributed by atoms with van der Waals surface area (Å²) in [6, 6.07) is 3.87. The number of sulfonamides is 1. The molecule has 1 aromatic rings. The standard InChI is InChI=1S/C13H20N2O4S/c1-13(4-6-19-7-5-13)9-15-20(17,18)10-2-3-12(16)11(14)8-10/h2-3,8,15-16H,4-7,9,14H2,1H3. The van der Waals surface area contributed by atoms with E-state index in [2.05, 4.69) is 4.72 Å². The molecule has 1 aliphatic heterocycles. The Morgan fingerprint density at radius 1 is 1.40 bits per heavy atom. The monoisotopic (exact) mass is 300 g/mol. The summed E-state index contributed by atoms with van der Waals surface area (Å²) in [6.07, 6.45) is 1.65. The maximum Gasteiger partial charge on any atom is 0.240 e.